The molecule has 0 unspecified atom stereocenters. The van der Waals surface area contributed by atoms with Gasteiger partial charge in [-0.3, -0.25) is 0 Å². The van der Waals surface area contributed by atoms with Crippen molar-refractivity contribution in [3.05, 3.63) is 47.1 Å². The van der Waals surface area contributed by atoms with Crippen LogP contribution < -0.4 is 15.8 Å². The molecule has 94 valence electrons. The molecule has 1 aromatic carbocycles. The van der Waals surface area contributed by atoms with Crippen molar-refractivity contribution in [3.63, 3.8) is 0 Å². The molecule has 0 spiro atoms. The van der Waals surface area contributed by atoms with Gasteiger partial charge in [-0.15, -0.1) is 0 Å². The number of ether oxygens (including phenoxy) is 1. The number of hydrogen-bond donors (Lipinski definition) is 2. The molecule has 0 atom stereocenters. The third-order valence-electron chi connectivity index (χ3n) is 2.45. The summed E-state index contributed by atoms with van der Waals surface area (Å²) in [6, 6.07) is 11.2. The normalized spacial score (nSPS) is 10.1. The van der Waals surface area contributed by atoms with Crippen LogP contribution in [0.3, 0.4) is 0 Å². The number of rotatable bonds is 4. The highest BCUT2D eigenvalue weighted by molar-refractivity contribution is 6.29. The Morgan fingerprint density at radius 2 is 2.00 bits per heavy atom. The summed E-state index contributed by atoms with van der Waals surface area (Å²) in [5.41, 5.74) is 7.40. The van der Waals surface area contributed by atoms with Gasteiger partial charge in [-0.1, -0.05) is 23.7 Å². The zero-order chi connectivity index (χ0) is 13.0. The second-order valence-corrected chi connectivity index (χ2v) is 4.20. The maximum Gasteiger partial charge on any atom is 0.133 e. The minimum absolute atomic E-state index is 0.382. The van der Waals surface area contributed by atoms with Crippen molar-refractivity contribution in [2.45, 2.75) is 6.54 Å². The number of nitrogen functional groups attached to an aromatic ring is 1. The van der Waals surface area contributed by atoms with Gasteiger partial charge in [0.2, 0.25) is 0 Å². The zero-order valence-corrected chi connectivity index (χ0v) is 10.7. The van der Waals surface area contributed by atoms with E-state index in [2.05, 4.69) is 10.3 Å². The molecule has 2 rings (SSSR count). The summed E-state index contributed by atoms with van der Waals surface area (Å²) in [5.74, 6) is 1.50. The van der Waals surface area contributed by atoms with Crippen LogP contribution >= 0.6 is 11.6 Å². The Hall–Kier alpha value is -1.94. The highest BCUT2D eigenvalue weighted by atomic mass is 35.5. The smallest absolute Gasteiger partial charge is 0.133 e. The lowest BCUT2D eigenvalue weighted by molar-refractivity contribution is 0.414. The molecule has 4 nitrogen and oxygen atoms in total. The largest absolute Gasteiger partial charge is 0.497 e. The summed E-state index contributed by atoms with van der Waals surface area (Å²) in [7, 11) is 1.64. The summed E-state index contributed by atoms with van der Waals surface area (Å²) >= 11 is 5.82. The van der Waals surface area contributed by atoms with Crippen molar-refractivity contribution < 1.29 is 4.74 Å². The molecular weight excluding hydrogens is 250 g/mol. The predicted molar refractivity (Wildman–Crippen MR) is 74.0 cm³/mol. The maximum atomic E-state index is 5.82. The van der Waals surface area contributed by atoms with E-state index in [4.69, 9.17) is 22.1 Å². The molecule has 0 amide bonds. The second-order valence-electron chi connectivity index (χ2n) is 3.81. The first-order valence-electron chi connectivity index (χ1n) is 5.47. The van der Waals surface area contributed by atoms with Crippen molar-refractivity contribution in [1.82, 2.24) is 4.98 Å². The minimum Gasteiger partial charge on any atom is -0.497 e. The highest BCUT2D eigenvalue weighted by Gasteiger charge is 1.99. The average molecular weight is 264 g/mol. The number of anilines is 2. The predicted octanol–water partition coefficient (Wildman–Crippen LogP) is 2.94. The summed E-state index contributed by atoms with van der Waals surface area (Å²) < 4.78 is 5.10. The van der Waals surface area contributed by atoms with E-state index < -0.39 is 0 Å². The summed E-state index contributed by atoms with van der Waals surface area (Å²) in [5, 5.41) is 3.55. The Morgan fingerprint density at radius 3 is 2.61 bits per heavy atom. The van der Waals surface area contributed by atoms with Gasteiger partial charge in [0.25, 0.3) is 0 Å². The molecule has 0 saturated carbocycles. The van der Waals surface area contributed by atoms with Gasteiger partial charge in [-0.25, -0.2) is 4.98 Å². The van der Waals surface area contributed by atoms with Crippen LogP contribution in [0.1, 0.15) is 5.56 Å². The molecule has 18 heavy (non-hydrogen) atoms. The molecule has 1 aromatic heterocycles. The number of benzene rings is 1. The van der Waals surface area contributed by atoms with E-state index in [0.717, 1.165) is 11.3 Å². The van der Waals surface area contributed by atoms with E-state index >= 15 is 0 Å². The second kappa shape index (κ2) is 5.60. The standard InChI is InChI=1S/C13H14ClN3O/c1-18-11-4-2-9(3-5-11)8-16-13-7-10(15)6-12(14)17-13/h2-7H,8H2,1H3,(H3,15,16,17). The quantitative estimate of drug-likeness (QED) is 0.833. The van der Waals surface area contributed by atoms with Crippen molar-refractivity contribution in [2.24, 2.45) is 0 Å². The number of nitrogens with one attached hydrogen (secondary N) is 1. The van der Waals surface area contributed by atoms with E-state index in [1.54, 1.807) is 19.2 Å². The average Bonchev–Trinajstić information content (AvgIpc) is 2.36. The molecule has 0 aliphatic carbocycles. The van der Waals surface area contributed by atoms with Crippen LogP contribution in [0.15, 0.2) is 36.4 Å². The summed E-state index contributed by atoms with van der Waals surface area (Å²) in [6.45, 7) is 0.650. The van der Waals surface area contributed by atoms with Gasteiger partial charge in [0.15, 0.2) is 0 Å². The molecule has 0 saturated heterocycles. The molecular formula is C13H14ClN3O. The molecule has 0 aliphatic heterocycles. The van der Waals surface area contributed by atoms with Gasteiger partial charge >= 0.3 is 0 Å². The van der Waals surface area contributed by atoms with Crippen LogP contribution in [-0.4, -0.2) is 12.1 Å². The van der Waals surface area contributed by atoms with E-state index in [1.807, 2.05) is 24.3 Å². The number of nitrogens with two attached hydrogens (primary N) is 1. The Morgan fingerprint density at radius 1 is 1.28 bits per heavy atom. The topological polar surface area (TPSA) is 60.2 Å². The van der Waals surface area contributed by atoms with Crippen LogP contribution in [0, 0.1) is 0 Å². The third kappa shape index (κ3) is 3.28. The molecule has 2 aromatic rings. The van der Waals surface area contributed by atoms with Crippen LogP contribution in [0.2, 0.25) is 5.15 Å². The molecule has 0 aliphatic rings. The number of methoxy groups -OCH3 is 1. The van der Waals surface area contributed by atoms with Crippen LogP contribution in [-0.2, 0) is 6.54 Å². The summed E-state index contributed by atoms with van der Waals surface area (Å²) in [4.78, 5) is 4.13. The Bertz CT molecular complexity index is 508. The molecule has 0 radical (unpaired) electrons. The Balaban J connectivity index is 2.01. The molecule has 0 bridgehead atoms. The monoisotopic (exact) mass is 263 g/mol. The SMILES string of the molecule is COc1ccc(CNc2cc(N)cc(Cl)n2)cc1. The van der Waals surface area contributed by atoms with Crippen molar-refractivity contribution in [1.29, 1.82) is 0 Å². The first kappa shape index (κ1) is 12.5. The van der Waals surface area contributed by atoms with Gasteiger partial charge in [0.1, 0.15) is 16.7 Å². The van der Waals surface area contributed by atoms with Crippen molar-refractivity contribution in [3.8, 4) is 5.75 Å². The van der Waals surface area contributed by atoms with E-state index in [1.165, 1.54) is 0 Å². The third-order valence-corrected chi connectivity index (χ3v) is 2.64. The molecule has 0 fully saturated rings. The zero-order valence-electron chi connectivity index (χ0n) is 9.98. The Labute approximate surface area is 111 Å². The first-order chi connectivity index (χ1) is 8.67. The van der Waals surface area contributed by atoms with Gasteiger partial charge < -0.3 is 15.8 Å². The lowest BCUT2D eigenvalue weighted by Gasteiger charge is -2.07. The first-order valence-corrected chi connectivity index (χ1v) is 5.85. The van der Waals surface area contributed by atoms with E-state index in [0.29, 0.717) is 23.2 Å². The van der Waals surface area contributed by atoms with Gasteiger partial charge in [0, 0.05) is 18.3 Å². The number of halogens is 1. The van der Waals surface area contributed by atoms with Crippen molar-refractivity contribution in [2.75, 3.05) is 18.2 Å². The van der Waals surface area contributed by atoms with Crippen LogP contribution in [0.4, 0.5) is 11.5 Å². The minimum atomic E-state index is 0.382. The fourth-order valence-electron chi connectivity index (χ4n) is 1.54. The van der Waals surface area contributed by atoms with Gasteiger partial charge in [-0.05, 0) is 23.8 Å². The fourth-order valence-corrected chi connectivity index (χ4v) is 1.76. The summed E-state index contributed by atoms with van der Waals surface area (Å²) in [6.07, 6.45) is 0. The van der Waals surface area contributed by atoms with Crippen LogP contribution in [0.25, 0.3) is 0 Å². The number of hydrogen-bond acceptors (Lipinski definition) is 4. The molecule has 3 N–H and O–H groups in total. The fraction of sp³-hybridized carbons (Fsp3) is 0.154. The van der Waals surface area contributed by atoms with Gasteiger partial charge in [0.05, 0.1) is 7.11 Å². The van der Waals surface area contributed by atoms with Gasteiger partial charge in [-0.2, -0.15) is 0 Å². The molecule has 5 heteroatoms. The van der Waals surface area contributed by atoms with Crippen molar-refractivity contribution >= 4 is 23.1 Å². The van der Waals surface area contributed by atoms with E-state index in [-0.39, 0.29) is 0 Å². The Kier molecular flexibility index (Phi) is 3.89. The van der Waals surface area contributed by atoms with E-state index in [9.17, 15) is 0 Å². The number of pyridine rings is 1. The highest BCUT2D eigenvalue weighted by Crippen LogP contribution is 2.17. The molecule has 1 heterocycles. The maximum absolute atomic E-state index is 5.82. The van der Waals surface area contributed by atoms with Crippen LogP contribution in [0.5, 0.6) is 5.75 Å². The number of aromatic nitrogens is 1. The number of nitrogens with zero attached hydrogens (tertiary/aromatic N) is 1. The lowest BCUT2D eigenvalue weighted by atomic mass is 10.2. The lowest BCUT2D eigenvalue weighted by Crippen LogP contribution is -2.02.